The third kappa shape index (κ3) is 6.02. The number of β-amino-alcohol motifs (C(OH)–C–C–N with tert-alkyl or cyclic N) is 1. The fraction of sp³-hybridized carbons (Fsp3) is 0.400. The number of piperidine rings is 1. The second-order valence-corrected chi connectivity index (χ2v) is 8.24. The molecule has 3 aromatic rings. The molecule has 32 heavy (non-hydrogen) atoms. The lowest BCUT2D eigenvalue weighted by Gasteiger charge is -2.39. The molecule has 7 heteroatoms. The van der Waals surface area contributed by atoms with Gasteiger partial charge in [0.1, 0.15) is 24.6 Å². The molecule has 2 aromatic carbocycles. The predicted octanol–water partition coefficient (Wildman–Crippen LogP) is 3.38. The molecule has 1 aromatic heterocycles. The molecule has 1 atom stereocenters. The van der Waals surface area contributed by atoms with Crippen molar-refractivity contribution in [1.29, 1.82) is 0 Å². The first-order valence-corrected chi connectivity index (χ1v) is 11.0. The maximum Gasteiger partial charge on any atom is 0.161 e. The Bertz CT molecular complexity index is 965. The van der Waals surface area contributed by atoms with Crippen LogP contribution in [-0.4, -0.2) is 58.8 Å². The quantitative estimate of drug-likeness (QED) is 0.525. The summed E-state index contributed by atoms with van der Waals surface area (Å²) in [4.78, 5) is 2.27. The average Bonchev–Trinajstić information content (AvgIpc) is 3.33. The van der Waals surface area contributed by atoms with Crippen molar-refractivity contribution in [2.45, 2.75) is 31.5 Å². The SMILES string of the molecule is COc1cc(CN2CCCC(O)(COc3ccccc3)C2)ccc1OCCn1cccn1. The number of hydrogen-bond acceptors (Lipinski definition) is 6. The predicted molar refractivity (Wildman–Crippen MR) is 122 cm³/mol. The van der Waals surface area contributed by atoms with Crippen molar-refractivity contribution in [2.75, 3.05) is 33.4 Å². The van der Waals surface area contributed by atoms with E-state index in [1.165, 1.54) is 0 Å². The zero-order valence-corrected chi connectivity index (χ0v) is 18.5. The van der Waals surface area contributed by atoms with E-state index in [0.717, 1.165) is 43.0 Å². The van der Waals surface area contributed by atoms with Gasteiger partial charge in [-0.25, -0.2) is 0 Å². The van der Waals surface area contributed by atoms with Crippen LogP contribution in [0.1, 0.15) is 18.4 Å². The number of methoxy groups -OCH3 is 1. The first kappa shape index (κ1) is 22.2. The number of para-hydroxylation sites is 1. The molecule has 2 heterocycles. The summed E-state index contributed by atoms with van der Waals surface area (Å²) in [6, 6.07) is 17.6. The number of ether oxygens (including phenoxy) is 3. The van der Waals surface area contributed by atoms with E-state index in [2.05, 4.69) is 16.1 Å². The Kier molecular flexibility index (Phi) is 7.29. The Balaban J connectivity index is 1.32. The van der Waals surface area contributed by atoms with Crippen LogP contribution in [0, 0.1) is 0 Å². The number of benzene rings is 2. The van der Waals surface area contributed by atoms with Crippen molar-refractivity contribution in [1.82, 2.24) is 14.7 Å². The largest absolute Gasteiger partial charge is 0.493 e. The monoisotopic (exact) mass is 437 g/mol. The summed E-state index contributed by atoms with van der Waals surface area (Å²) in [6.07, 6.45) is 5.34. The van der Waals surface area contributed by atoms with Gasteiger partial charge in [-0.15, -0.1) is 0 Å². The van der Waals surface area contributed by atoms with Crippen molar-refractivity contribution in [3.63, 3.8) is 0 Å². The molecule has 1 aliphatic rings. The Morgan fingerprint density at radius 2 is 1.94 bits per heavy atom. The van der Waals surface area contributed by atoms with Crippen molar-refractivity contribution in [3.05, 3.63) is 72.6 Å². The van der Waals surface area contributed by atoms with Gasteiger partial charge in [0, 0.05) is 25.5 Å². The molecule has 1 saturated heterocycles. The van der Waals surface area contributed by atoms with E-state index in [0.29, 0.717) is 32.1 Å². The van der Waals surface area contributed by atoms with Gasteiger partial charge in [-0.3, -0.25) is 9.58 Å². The van der Waals surface area contributed by atoms with Crippen molar-refractivity contribution < 1.29 is 19.3 Å². The Hall–Kier alpha value is -3.03. The zero-order chi connectivity index (χ0) is 22.2. The molecular formula is C25H31N3O4. The molecule has 1 unspecified atom stereocenters. The van der Waals surface area contributed by atoms with Gasteiger partial charge in [0.05, 0.1) is 13.7 Å². The van der Waals surface area contributed by atoms with Crippen molar-refractivity contribution in [2.24, 2.45) is 0 Å². The minimum atomic E-state index is -0.853. The molecule has 0 saturated carbocycles. The van der Waals surface area contributed by atoms with Crippen LogP contribution in [0.2, 0.25) is 0 Å². The molecule has 0 radical (unpaired) electrons. The molecule has 0 spiro atoms. The van der Waals surface area contributed by atoms with E-state index in [-0.39, 0.29) is 0 Å². The van der Waals surface area contributed by atoms with Gasteiger partial charge in [0.15, 0.2) is 11.5 Å². The van der Waals surface area contributed by atoms with Crippen LogP contribution >= 0.6 is 0 Å². The van der Waals surface area contributed by atoms with Crippen LogP contribution in [0.3, 0.4) is 0 Å². The van der Waals surface area contributed by atoms with Gasteiger partial charge < -0.3 is 19.3 Å². The van der Waals surface area contributed by atoms with Crippen LogP contribution in [0.4, 0.5) is 0 Å². The molecule has 4 rings (SSSR count). The van der Waals surface area contributed by atoms with Crippen LogP contribution in [0.5, 0.6) is 17.2 Å². The number of aliphatic hydroxyl groups is 1. The second kappa shape index (κ2) is 10.5. The number of rotatable bonds is 10. The van der Waals surface area contributed by atoms with Gasteiger partial charge in [0.2, 0.25) is 0 Å². The molecule has 1 N–H and O–H groups in total. The lowest BCUT2D eigenvalue weighted by atomic mass is 9.93. The molecule has 170 valence electrons. The molecule has 0 amide bonds. The maximum atomic E-state index is 11.1. The van der Waals surface area contributed by atoms with Gasteiger partial charge in [-0.1, -0.05) is 24.3 Å². The number of aromatic nitrogens is 2. The van der Waals surface area contributed by atoms with E-state index in [4.69, 9.17) is 14.2 Å². The van der Waals surface area contributed by atoms with Gasteiger partial charge in [0.25, 0.3) is 0 Å². The van der Waals surface area contributed by atoms with Crippen LogP contribution in [-0.2, 0) is 13.1 Å². The number of hydrogen-bond donors (Lipinski definition) is 1. The lowest BCUT2D eigenvalue weighted by Crippen LogP contribution is -2.51. The van der Waals surface area contributed by atoms with Gasteiger partial charge in [-0.05, 0) is 55.3 Å². The first-order chi connectivity index (χ1) is 15.6. The van der Waals surface area contributed by atoms with E-state index < -0.39 is 5.60 Å². The number of likely N-dealkylation sites (tertiary alicyclic amines) is 1. The van der Waals surface area contributed by atoms with E-state index in [1.54, 1.807) is 13.3 Å². The van der Waals surface area contributed by atoms with E-state index >= 15 is 0 Å². The summed E-state index contributed by atoms with van der Waals surface area (Å²) in [5.74, 6) is 2.21. The summed E-state index contributed by atoms with van der Waals surface area (Å²) >= 11 is 0. The van der Waals surface area contributed by atoms with Gasteiger partial charge in [-0.2, -0.15) is 5.10 Å². The molecule has 1 aliphatic heterocycles. The summed E-state index contributed by atoms with van der Waals surface area (Å²) in [5.41, 5.74) is 0.266. The highest BCUT2D eigenvalue weighted by Crippen LogP contribution is 2.30. The molecule has 7 nitrogen and oxygen atoms in total. The molecule has 1 fully saturated rings. The minimum absolute atomic E-state index is 0.292. The molecule has 0 aliphatic carbocycles. The maximum absolute atomic E-state index is 11.1. The van der Waals surface area contributed by atoms with Crippen LogP contribution in [0.25, 0.3) is 0 Å². The summed E-state index contributed by atoms with van der Waals surface area (Å²) in [7, 11) is 1.65. The normalized spacial score (nSPS) is 18.9. The first-order valence-electron chi connectivity index (χ1n) is 11.0. The van der Waals surface area contributed by atoms with Crippen molar-refractivity contribution >= 4 is 0 Å². The molecule has 0 bridgehead atoms. The highest BCUT2D eigenvalue weighted by molar-refractivity contribution is 5.43. The fourth-order valence-electron chi connectivity index (χ4n) is 4.06. The van der Waals surface area contributed by atoms with Crippen LogP contribution < -0.4 is 14.2 Å². The van der Waals surface area contributed by atoms with Crippen molar-refractivity contribution in [3.8, 4) is 17.2 Å². The Labute approximate surface area is 189 Å². The summed E-state index contributed by atoms with van der Waals surface area (Å²) in [6.45, 7) is 3.73. The minimum Gasteiger partial charge on any atom is -0.493 e. The third-order valence-corrected chi connectivity index (χ3v) is 5.66. The summed E-state index contributed by atoms with van der Waals surface area (Å²) in [5, 5.41) is 15.3. The average molecular weight is 438 g/mol. The number of nitrogens with zero attached hydrogens (tertiary/aromatic N) is 3. The topological polar surface area (TPSA) is 69.0 Å². The van der Waals surface area contributed by atoms with E-state index in [1.807, 2.05) is 59.4 Å². The smallest absolute Gasteiger partial charge is 0.161 e. The molecular weight excluding hydrogens is 406 g/mol. The van der Waals surface area contributed by atoms with E-state index in [9.17, 15) is 5.11 Å². The second-order valence-electron chi connectivity index (χ2n) is 8.24. The third-order valence-electron chi connectivity index (χ3n) is 5.66. The summed E-state index contributed by atoms with van der Waals surface area (Å²) < 4.78 is 19.1. The zero-order valence-electron chi connectivity index (χ0n) is 18.5. The van der Waals surface area contributed by atoms with Gasteiger partial charge >= 0.3 is 0 Å². The Morgan fingerprint density at radius 3 is 2.72 bits per heavy atom. The lowest BCUT2D eigenvalue weighted by molar-refractivity contribution is -0.0621. The standard InChI is InChI=1S/C25H31N3O4/c1-30-24-17-21(9-10-23(24)31-16-15-28-14-6-12-26-28)18-27-13-5-11-25(29,19-27)20-32-22-7-3-2-4-8-22/h2-4,6-10,12,14,17,29H,5,11,13,15-16,18-20H2,1H3. The highest BCUT2D eigenvalue weighted by Gasteiger charge is 2.34. The fourth-order valence-corrected chi connectivity index (χ4v) is 4.06. The highest BCUT2D eigenvalue weighted by atomic mass is 16.5. The van der Waals surface area contributed by atoms with Crippen LogP contribution in [0.15, 0.2) is 67.0 Å². The Morgan fingerprint density at radius 1 is 1.06 bits per heavy atom.